The van der Waals surface area contributed by atoms with Crippen LogP contribution in [0.5, 0.6) is 0 Å². The predicted molar refractivity (Wildman–Crippen MR) is 52.9 cm³/mol. The number of benzene rings is 1. The SMILES string of the molecule is Nc1ccc(-n2cc(Cl)cn2)c(F)c1. The van der Waals surface area contributed by atoms with E-state index in [4.69, 9.17) is 17.3 Å². The molecule has 0 radical (unpaired) electrons. The van der Waals surface area contributed by atoms with Crippen molar-refractivity contribution >= 4 is 17.3 Å². The fourth-order valence-electron chi connectivity index (χ4n) is 1.14. The van der Waals surface area contributed by atoms with Crippen molar-refractivity contribution in [2.75, 3.05) is 5.73 Å². The highest BCUT2D eigenvalue weighted by molar-refractivity contribution is 6.30. The molecule has 0 fully saturated rings. The van der Waals surface area contributed by atoms with Gasteiger partial charge >= 0.3 is 0 Å². The van der Waals surface area contributed by atoms with Crippen LogP contribution in [0.1, 0.15) is 0 Å². The third-order valence-electron chi connectivity index (χ3n) is 1.77. The molecule has 14 heavy (non-hydrogen) atoms. The Morgan fingerprint density at radius 3 is 2.79 bits per heavy atom. The summed E-state index contributed by atoms with van der Waals surface area (Å²) in [4.78, 5) is 0. The quantitative estimate of drug-likeness (QED) is 0.736. The van der Waals surface area contributed by atoms with Crippen molar-refractivity contribution in [3.8, 4) is 5.69 Å². The van der Waals surface area contributed by atoms with Crippen LogP contribution in [0, 0.1) is 5.82 Å². The average molecular weight is 212 g/mol. The smallest absolute Gasteiger partial charge is 0.150 e. The normalized spacial score (nSPS) is 10.4. The maximum absolute atomic E-state index is 13.4. The predicted octanol–water partition coefficient (Wildman–Crippen LogP) is 2.25. The van der Waals surface area contributed by atoms with Crippen LogP contribution in [-0.2, 0) is 0 Å². The fraction of sp³-hybridized carbons (Fsp3) is 0. The van der Waals surface area contributed by atoms with Crippen molar-refractivity contribution in [3.63, 3.8) is 0 Å². The highest BCUT2D eigenvalue weighted by Crippen LogP contribution is 2.17. The van der Waals surface area contributed by atoms with Gasteiger partial charge in [-0.05, 0) is 18.2 Å². The molecule has 5 heteroatoms. The Hall–Kier alpha value is -1.55. The van der Waals surface area contributed by atoms with Crippen LogP contribution < -0.4 is 5.73 Å². The van der Waals surface area contributed by atoms with Gasteiger partial charge in [0.15, 0.2) is 5.82 Å². The van der Waals surface area contributed by atoms with Gasteiger partial charge in [0.1, 0.15) is 5.69 Å². The zero-order chi connectivity index (χ0) is 10.1. The van der Waals surface area contributed by atoms with Crippen LogP contribution in [0.3, 0.4) is 0 Å². The number of nitrogens with zero attached hydrogens (tertiary/aromatic N) is 2. The molecule has 72 valence electrons. The molecule has 0 unspecified atom stereocenters. The van der Waals surface area contributed by atoms with Gasteiger partial charge in [0.05, 0.1) is 11.2 Å². The number of nitrogens with two attached hydrogens (primary N) is 1. The standard InChI is InChI=1S/C9H7ClFN3/c10-6-4-13-14(5-6)9-2-1-7(12)3-8(9)11/h1-5H,12H2. The van der Waals surface area contributed by atoms with Crippen molar-refractivity contribution in [1.29, 1.82) is 0 Å². The Bertz CT molecular complexity index is 467. The van der Waals surface area contributed by atoms with Gasteiger partial charge in [-0.1, -0.05) is 11.6 Å². The number of hydrogen-bond donors (Lipinski definition) is 1. The van der Waals surface area contributed by atoms with E-state index in [1.807, 2.05) is 0 Å². The zero-order valence-corrected chi connectivity index (χ0v) is 7.87. The Labute approximate surface area is 84.9 Å². The van der Waals surface area contributed by atoms with Gasteiger partial charge in [0.2, 0.25) is 0 Å². The van der Waals surface area contributed by atoms with E-state index >= 15 is 0 Å². The van der Waals surface area contributed by atoms with Crippen LogP contribution in [-0.4, -0.2) is 9.78 Å². The second-order valence-electron chi connectivity index (χ2n) is 2.81. The van der Waals surface area contributed by atoms with Crippen molar-refractivity contribution in [1.82, 2.24) is 9.78 Å². The number of hydrogen-bond acceptors (Lipinski definition) is 2. The molecule has 0 amide bonds. The Kier molecular flexibility index (Phi) is 2.13. The molecule has 2 rings (SSSR count). The van der Waals surface area contributed by atoms with E-state index in [-0.39, 0.29) is 0 Å². The first-order chi connectivity index (χ1) is 6.66. The molecule has 0 atom stereocenters. The lowest BCUT2D eigenvalue weighted by Crippen LogP contribution is -1.98. The number of rotatable bonds is 1. The minimum Gasteiger partial charge on any atom is -0.399 e. The lowest BCUT2D eigenvalue weighted by molar-refractivity contribution is 0.611. The highest BCUT2D eigenvalue weighted by atomic mass is 35.5. The van der Waals surface area contributed by atoms with Crippen molar-refractivity contribution in [2.24, 2.45) is 0 Å². The first-order valence-electron chi connectivity index (χ1n) is 3.92. The molecule has 0 spiro atoms. The molecule has 0 aliphatic heterocycles. The van der Waals surface area contributed by atoms with E-state index < -0.39 is 5.82 Å². The topological polar surface area (TPSA) is 43.8 Å². The van der Waals surface area contributed by atoms with Crippen LogP contribution in [0.25, 0.3) is 5.69 Å². The zero-order valence-electron chi connectivity index (χ0n) is 7.11. The molecule has 0 saturated heterocycles. The number of nitrogen functional groups attached to an aromatic ring is 1. The summed E-state index contributed by atoms with van der Waals surface area (Å²) in [5.74, 6) is -0.426. The van der Waals surface area contributed by atoms with Gasteiger partial charge in [0, 0.05) is 11.9 Å². The molecular formula is C9H7ClFN3. The summed E-state index contributed by atoms with van der Waals surface area (Å²) in [7, 11) is 0. The second kappa shape index (κ2) is 3.31. The van der Waals surface area contributed by atoms with Crippen LogP contribution in [0.4, 0.5) is 10.1 Å². The van der Waals surface area contributed by atoms with Gasteiger partial charge in [-0.2, -0.15) is 5.10 Å². The third kappa shape index (κ3) is 1.56. The molecule has 0 aliphatic rings. The monoisotopic (exact) mass is 211 g/mol. The average Bonchev–Trinajstić information content (AvgIpc) is 2.51. The maximum atomic E-state index is 13.4. The summed E-state index contributed by atoms with van der Waals surface area (Å²) in [6.07, 6.45) is 2.97. The van der Waals surface area contributed by atoms with E-state index in [9.17, 15) is 4.39 Å². The molecule has 1 aromatic heterocycles. The molecule has 2 N–H and O–H groups in total. The minimum absolute atomic E-state index is 0.325. The molecule has 1 heterocycles. The summed E-state index contributed by atoms with van der Waals surface area (Å²) < 4.78 is 14.7. The summed E-state index contributed by atoms with van der Waals surface area (Å²) in [5.41, 5.74) is 6.12. The van der Waals surface area contributed by atoms with Crippen molar-refractivity contribution in [3.05, 3.63) is 41.4 Å². The fourth-order valence-corrected chi connectivity index (χ4v) is 1.28. The van der Waals surface area contributed by atoms with Crippen LogP contribution >= 0.6 is 11.6 Å². The van der Waals surface area contributed by atoms with E-state index in [0.717, 1.165) is 0 Å². The first-order valence-corrected chi connectivity index (χ1v) is 4.30. The van der Waals surface area contributed by atoms with Gasteiger partial charge in [0.25, 0.3) is 0 Å². The number of halogens is 2. The van der Waals surface area contributed by atoms with Crippen LogP contribution in [0.2, 0.25) is 5.02 Å². The van der Waals surface area contributed by atoms with Gasteiger partial charge in [-0.3, -0.25) is 0 Å². The lowest BCUT2D eigenvalue weighted by Gasteiger charge is -2.02. The molecule has 1 aromatic carbocycles. The van der Waals surface area contributed by atoms with E-state index in [1.54, 1.807) is 12.1 Å². The summed E-state index contributed by atoms with van der Waals surface area (Å²) >= 11 is 5.66. The Balaban J connectivity index is 2.52. The lowest BCUT2D eigenvalue weighted by atomic mass is 10.3. The highest BCUT2D eigenvalue weighted by Gasteiger charge is 2.05. The molecular weight excluding hydrogens is 205 g/mol. The molecule has 0 aliphatic carbocycles. The van der Waals surface area contributed by atoms with Crippen molar-refractivity contribution < 1.29 is 4.39 Å². The van der Waals surface area contributed by atoms with E-state index in [1.165, 1.54) is 23.1 Å². The van der Waals surface area contributed by atoms with E-state index in [0.29, 0.717) is 16.4 Å². The summed E-state index contributed by atoms with van der Waals surface area (Å²) in [6, 6.07) is 4.40. The molecule has 0 saturated carbocycles. The van der Waals surface area contributed by atoms with E-state index in [2.05, 4.69) is 5.10 Å². The van der Waals surface area contributed by atoms with Gasteiger partial charge < -0.3 is 5.73 Å². The largest absolute Gasteiger partial charge is 0.399 e. The third-order valence-corrected chi connectivity index (χ3v) is 1.96. The molecule has 3 nitrogen and oxygen atoms in total. The molecule has 2 aromatic rings. The summed E-state index contributed by atoms with van der Waals surface area (Å²) in [5, 5.41) is 4.34. The summed E-state index contributed by atoms with van der Waals surface area (Å²) in [6.45, 7) is 0. The molecule has 0 bridgehead atoms. The number of aromatic nitrogens is 2. The minimum atomic E-state index is -0.426. The Morgan fingerprint density at radius 1 is 1.43 bits per heavy atom. The Morgan fingerprint density at radius 2 is 2.21 bits per heavy atom. The van der Waals surface area contributed by atoms with Crippen molar-refractivity contribution in [2.45, 2.75) is 0 Å². The maximum Gasteiger partial charge on any atom is 0.150 e. The van der Waals surface area contributed by atoms with Gasteiger partial charge in [-0.25, -0.2) is 9.07 Å². The van der Waals surface area contributed by atoms with Crippen LogP contribution in [0.15, 0.2) is 30.6 Å². The number of anilines is 1. The van der Waals surface area contributed by atoms with Gasteiger partial charge in [-0.15, -0.1) is 0 Å². The second-order valence-corrected chi connectivity index (χ2v) is 3.25. The first kappa shape index (κ1) is 9.02.